The summed E-state index contributed by atoms with van der Waals surface area (Å²) < 4.78 is 0. The molecule has 76 valence electrons. The van der Waals surface area contributed by atoms with Gasteiger partial charge in [0.05, 0.1) is 0 Å². The topological polar surface area (TPSA) is 6.48 Å². The van der Waals surface area contributed by atoms with Crippen LogP contribution < -0.4 is 0 Å². The van der Waals surface area contributed by atoms with Crippen molar-refractivity contribution in [3.05, 3.63) is 14.9 Å². The van der Waals surface area contributed by atoms with Crippen LogP contribution in [0.1, 0.15) is 0 Å². The fraction of sp³-hybridized carbons (Fsp3) is 0.750. The van der Waals surface area contributed by atoms with Crippen LogP contribution in [0.25, 0.3) is 0 Å². The molecule has 11 heavy (non-hydrogen) atoms. The van der Waals surface area contributed by atoms with E-state index in [1.165, 1.54) is 0 Å². The van der Waals surface area contributed by atoms with Gasteiger partial charge in [-0.2, -0.15) is 0 Å². The minimum atomic E-state index is 0. The largest absolute Gasteiger partial charge is 0.358 e. The third kappa shape index (κ3) is 25.2. The van der Waals surface area contributed by atoms with Gasteiger partial charge in [-0.15, -0.1) is 0 Å². The van der Waals surface area contributed by atoms with Gasteiger partial charge in [0.1, 0.15) is 0 Å². The first-order valence-corrected chi connectivity index (χ1v) is 2.92. The number of nitrogens with zero attached hydrogens (tertiary/aromatic N) is 2. The molecule has 0 aromatic heterocycles. The number of rotatable bonds is 3. The minimum Gasteiger partial charge on any atom is -0.358 e. The molecule has 0 fully saturated rings. The van der Waals surface area contributed by atoms with Crippen molar-refractivity contribution in [2.45, 2.75) is 0 Å². The van der Waals surface area contributed by atoms with Crippen LogP contribution in [0.3, 0.4) is 0 Å². The van der Waals surface area contributed by atoms with Crippen molar-refractivity contribution < 1.29 is 16.5 Å². The molecule has 0 atom stereocenters. The third-order valence-electron chi connectivity index (χ3n) is 0.994. The van der Waals surface area contributed by atoms with Crippen LogP contribution in [0.4, 0.5) is 0 Å². The van der Waals surface area contributed by atoms with Crippen LogP contribution in [-0.2, 0) is 16.5 Å². The van der Waals surface area contributed by atoms with E-state index in [2.05, 4.69) is 38.0 Å². The van der Waals surface area contributed by atoms with E-state index in [-0.39, 0.29) is 31.3 Å². The fourth-order valence-corrected chi connectivity index (χ4v) is 0.400. The second-order valence-electron chi connectivity index (χ2n) is 2.61. The summed E-state index contributed by atoms with van der Waals surface area (Å²) in [6.45, 7) is 2.29. The van der Waals surface area contributed by atoms with Crippen LogP contribution in [-0.4, -0.2) is 51.1 Å². The van der Waals surface area contributed by atoms with Crippen molar-refractivity contribution in [1.29, 1.82) is 0 Å². The summed E-state index contributed by atoms with van der Waals surface area (Å²) in [6.07, 6.45) is 0. The van der Waals surface area contributed by atoms with Gasteiger partial charge in [-0.05, 0) is 28.2 Å². The van der Waals surface area contributed by atoms with Gasteiger partial charge in [0.15, 0.2) is 0 Å². The predicted molar refractivity (Wildman–Crippen MR) is 49.9 cm³/mol. The number of hydrogen-bond donors (Lipinski definition) is 0. The van der Waals surface area contributed by atoms with E-state index in [4.69, 9.17) is 0 Å². The van der Waals surface area contributed by atoms with Gasteiger partial charge in [0.2, 0.25) is 0 Å². The molecule has 0 radical (unpaired) electrons. The molecule has 0 aromatic rings. The summed E-state index contributed by atoms with van der Waals surface area (Å²) >= 11 is 0. The maximum Gasteiger partial charge on any atom is 0.0103 e. The quantitative estimate of drug-likeness (QED) is 0.501. The van der Waals surface area contributed by atoms with E-state index in [1.54, 1.807) is 0 Å². The van der Waals surface area contributed by atoms with Crippen molar-refractivity contribution in [1.82, 2.24) is 9.80 Å². The molecule has 0 aliphatic rings. The van der Waals surface area contributed by atoms with Crippen LogP contribution in [0, 0.1) is 14.9 Å². The number of likely N-dealkylation sites (N-methyl/N-ethyl adjacent to an activating group) is 2. The van der Waals surface area contributed by atoms with Gasteiger partial charge in [-0.1, -0.05) is 0 Å². The molecule has 0 aliphatic carbocycles. The summed E-state index contributed by atoms with van der Waals surface area (Å²) in [5, 5.41) is 0. The average molecular weight is 205 g/mol. The molecule has 0 aromatic carbocycles. The van der Waals surface area contributed by atoms with Crippen molar-refractivity contribution in [2.75, 3.05) is 41.3 Å². The smallest absolute Gasteiger partial charge is 0.0103 e. The SMILES string of the molecule is CN(C)CCN(C)C.[CH3-].[CH3-].[Ni]. The first-order valence-electron chi connectivity index (χ1n) is 2.92. The Morgan fingerprint density at radius 1 is 0.727 bits per heavy atom. The Balaban J connectivity index is -0.0000000817. The normalized spacial score (nSPS) is 8.18. The van der Waals surface area contributed by atoms with E-state index in [1.807, 2.05) is 0 Å². The van der Waals surface area contributed by atoms with E-state index in [9.17, 15) is 0 Å². The monoisotopic (exact) mass is 204 g/mol. The Kier molecular flexibility index (Phi) is 26.7. The molecule has 0 amide bonds. The molecule has 0 rings (SSSR count). The second kappa shape index (κ2) is 13.0. The number of hydrogen-bond acceptors (Lipinski definition) is 2. The van der Waals surface area contributed by atoms with E-state index in [0.29, 0.717) is 0 Å². The molecular formula is C8H22N2Ni-2. The summed E-state index contributed by atoms with van der Waals surface area (Å²) in [6, 6.07) is 0. The van der Waals surface area contributed by atoms with Crippen LogP contribution in [0.15, 0.2) is 0 Å². The maximum absolute atomic E-state index is 2.18. The Morgan fingerprint density at radius 3 is 1.00 bits per heavy atom. The Bertz CT molecular complexity index is 48.1. The molecule has 0 unspecified atom stereocenters. The molecule has 2 nitrogen and oxygen atoms in total. The summed E-state index contributed by atoms with van der Waals surface area (Å²) in [7, 11) is 8.35. The van der Waals surface area contributed by atoms with Crippen LogP contribution in [0.5, 0.6) is 0 Å². The van der Waals surface area contributed by atoms with Crippen molar-refractivity contribution in [3.63, 3.8) is 0 Å². The second-order valence-corrected chi connectivity index (χ2v) is 2.61. The molecule has 3 heteroatoms. The molecule has 0 spiro atoms. The van der Waals surface area contributed by atoms with Gasteiger partial charge in [0, 0.05) is 29.6 Å². The molecule has 0 saturated heterocycles. The van der Waals surface area contributed by atoms with Gasteiger partial charge in [-0.3, -0.25) is 0 Å². The molecule has 0 N–H and O–H groups in total. The van der Waals surface area contributed by atoms with Gasteiger partial charge >= 0.3 is 0 Å². The van der Waals surface area contributed by atoms with Gasteiger partial charge < -0.3 is 24.7 Å². The summed E-state index contributed by atoms with van der Waals surface area (Å²) in [5.41, 5.74) is 0. The van der Waals surface area contributed by atoms with E-state index in [0.717, 1.165) is 13.1 Å². The van der Waals surface area contributed by atoms with E-state index < -0.39 is 0 Å². The zero-order valence-corrected chi connectivity index (χ0v) is 9.61. The zero-order valence-electron chi connectivity index (χ0n) is 8.62. The standard InChI is InChI=1S/C6H16N2.2CH3.Ni/c1-7(2)5-6-8(3)4;;;/h5-6H2,1-4H3;2*1H3;/q;2*-1;. The van der Waals surface area contributed by atoms with Crippen molar-refractivity contribution >= 4 is 0 Å². The molecule has 0 saturated carbocycles. The van der Waals surface area contributed by atoms with Crippen LogP contribution >= 0.6 is 0 Å². The van der Waals surface area contributed by atoms with Gasteiger partial charge in [-0.25, -0.2) is 0 Å². The summed E-state index contributed by atoms with van der Waals surface area (Å²) in [5.74, 6) is 0. The molecule has 0 aliphatic heterocycles. The summed E-state index contributed by atoms with van der Waals surface area (Å²) in [4.78, 5) is 4.36. The Morgan fingerprint density at radius 2 is 0.909 bits per heavy atom. The first-order chi connectivity index (χ1) is 3.63. The minimum absolute atomic E-state index is 0. The van der Waals surface area contributed by atoms with Crippen LogP contribution in [0.2, 0.25) is 0 Å². The maximum atomic E-state index is 2.18. The van der Waals surface area contributed by atoms with E-state index >= 15 is 0 Å². The Hall–Kier alpha value is 0.414. The zero-order chi connectivity index (χ0) is 6.57. The average Bonchev–Trinajstić information content (AvgIpc) is 1.61. The Labute approximate surface area is 82.9 Å². The molecular weight excluding hydrogens is 183 g/mol. The molecule has 0 heterocycles. The third-order valence-corrected chi connectivity index (χ3v) is 0.994. The van der Waals surface area contributed by atoms with Crippen molar-refractivity contribution in [2.24, 2.45) is 0 Å². The fourth-order valence-electron chi connectivity index (χ4n) is 0.400. The van der Waals surface area contributed by atoms with Crippen molar-refractivity contribution in [3.8, 4) is 0 Å². The molecule has 0 bridgehead atoms. The predicted octanol–water partition coefficient (Wildman–Crippen LogP) is 1.01. The van der Waals surface area contributed by atoms with Gasteiger partial charge in [0.25, 0.3) is 0 Å². The first kappa shape index (κ1) is 22.5.